The van der Waals surface area contributed by atoms with E-state index >= 15 is 0 Å². The molecule has 29 heavy (non-hydrogen) atoms. The number of rotatable bonds is 1. The van der Waals surface area contributed by atoms with Crippen LogP contribution in [0.15, 0.2) is 79.3 Å². The molecule has 0 atom stereocenters. The van der Waals surface area contributed by atoms with Crippen LogP contribution in [0.25, 0.3) is 0 Å². The second kappa shape index (κ2) is 5.91. The molecule has 4 aromatic rings. The second-order valence-electron chi connectivity index (χ2n) is 7.51. The molecule has 2 aliphatic rings. The van der Waals surface area contributed by atoms with Crippen LogP contribution < -0.4 is 35.4 Å². The molecule has 1 aromatic carbocycles. The van der Waals surface area contributed by atoms with Crippen molar-refractivity contribution in [2.75, 3.05) is 4.90 Å². The van der Waals surface area contributed by atoms with E-state index in [4.69, 9.17) is 9.72 Å². The first-order valence-corrected chi connectivity index (χ1v) is 9.73. The first-order valence-electron chi connectivity index (χ1n) is 9.73. The van der Waals surface area contributed by atoms with Crippen molar-refractivity contribution >= 4 is 40.6 Å². The van der Waals surface area contributed by atoms with Crippen molar-refractivity contribution in [1.29, 1.82) is 0 Å². The maximum Gasteiger partial charge on any atom is 0.421 e. The number of benzene rings is 1. The normalized spacial score (nSPS) is 13.3. The number of fused-ring (bicyclic) bond motifs is 4. The number of pyridine rings is 3. The minimum absolute atomic E-state index is 0.0461. The summed E-state index contributed by atoms with van der Waals surface area (Å²) in [6.07, 6.45) is 6.03. The summed E-state index contributed by atoms with van der Waals surface area (Å²) in [5.74, 6) is 2.69. The van der Waals surface area contributed by atoms with E-state index in [1.54, 1.807) is 0 Å². The third kappa shape index (κ3) is 2.20. The lowest BCUT2D eigenvalue weighted by atomic mass is 9.37. The number of aryl methyl sites for hydroxylation is 2. The van der Waals surface area contributed by atoms with Crippen LogP contribution in [-0.2, 0) is 14.1 Å². The maximum absolute atomic E-state index is 6.35. The fourth-order valence-electron chi connectivity index (χ4n) is 4.64. The molecule has 6 rings (SSSR count). The van der Waals surface area contributed by atoms with E-state index in [0.29, 0.717) is 0 Å². The Bertz CT molecular complexity index is 1260. The van der Waals surface area contributed by atoms with E-state index in [9.17, 15) is 0 Å². The first kappa shape index (κ1) is 16.3. The van der Waals surface area contributed by atoms with E-state index in [0.717, 1.165) is 39.7 Å². The van der Waals surface area contributed by atoms with Crippen LogP contribution >= 0.6 is 0 Å². The van der Waals surface area contributed by atoms with Crippen LogP contribution in [0.1, 0.15) is 0 Å². The number of aromatic nitrogens is 3. The molecule has 0 radical (unpaired) electrons. The molecule has 3 aromatic heterocycles. The smallest absolute Gasteiger partial charge is 0.421 e. The van der Waals surface area contributed by atoms with Crippen molar-refractivity contribution in [3.05, 3.63) is 79.3 Å². The summed E-state index contributed by atoms with van der Waals surface area (Å²) in [7, 11) is 4.19. The molecule has 0 saturated carbocycles. The summed E-state index contributed by atoms with van der Waals surface area (Å²) in [6.45, 7) is 0.0461. The molecule has 138 valence electrons. The summed E-state index contributed by atoms with van der Waals surface area (Å²) in [5.41, 5.74) is 5.71. The lowest BCUT2D eigenvalue weighted by molar-refractivity contribution is -0.658. The molecule has 0 amide bonds. The van der Waals surface area contributed by atoms with Crippen molar-refractivity contribution < 1.29 is 13.9 Å². The van der Waals surface area contributed by atoms with Gasteiger partial charge in [0.1, 0.15) is 31.4 Å². The zero-order chi connectivity index (χ0) is 19.5. The highest BCUT2D eigenvalue weighted by Gasteiger charge is 2.52. The number of hydrogen-bond acceptors (Lipinski definition) is 3. The van der Waals surface area contributed by atoms with Crippen molar-refractivity contribution in [3.63, 3.8) is 0 Å². The highest BCUT2D eigenvalue weighted by molar-refractivity contribution is 6.97. The number of anilines is 3. The Kier molecular flexibility index (Phi) is 3.32. The zero-order valence-corrected chi connectivity index (χ0v) is 16.3. The highest BCUT2D eigenvalue weighted by atomic mass is 16.5. The Hall–Kier alpha value is -3.67. The topological polar surface area (TPSA) is 33.1 Å². The zero-order valence-electron chi connectivity index (χ0n) is 16.3. The first-order chi connectivity index (χ1) is 14.2. The third-order valence-corrected chi connectivity index (χ3v) is 5.85. The molecule has 5 nitrogen and oxygen atoms in total. The SMILES string of the molecule is C[n+]1cccc2c1B1c3c(ccnc3N(c3ccccc3)c3ccc[n+](C)c31)O2. The lowest BCUT2D eigenvalue weighted by Gasteiger charge is -2.35. The van der Waals surface area contributed by atoms with Crippen LogP contribution in [0.2, 0.25) is 0 Å². The molecule has 0 bridgehead atoms. The fraction of sp³-hybridized carbons (Fsp3) is 0.0870. The summed E-state index contributed by atoms with van der Waals surface area (Å²) >= 11 is 0. The lowest BCUT2D eigenvalue weighted by Crippen LogP contribution is -2.74. The van der Waals surface area contributed by atoms with Gasteiger partial charge >= 0.3 is 6.71 Å². The molecule has 0 unspecified atom stereocenters. The summed E-state index contributed by atoms with van der Waals surface area (Å²) < 4.78 is 10.7. The second-order valence-corrected chi connectivity index (χ2v) is 7.51. The van der Waals surface area contributed by atoms with Gasteiger partial charge in [-0.15, -0.1) is 0 Å². The van der Waals surface area contributed by atoms with Crippen LogP contribution in [0.5, 0.6) is 11.5 Å². The van der Waals surface area contributed by atoms with Gasteiger partial charge < -0.3 is 4.74 Å². The van der Waals surface area contributed by atoms with Gasteiger partial charge in [-0.05, 0) is 30.3 Å². The number of nitrogens with zero attached hydrogens (tertiary/aromatic N) is 4. The van der Waals surface area contributed by atoms with E-state index in [1.807, 2.05) is 30.5 Å². The predicted octanol–water partition coefficient (Wildman–Crippen LogP) is 1.14. The van der Waals surface area contributed by atoms with Gasteiger partial charge in [0.25, 0.3) is 0 Å². The molecule has 0 fully saturated rings. The standard InChI is InChI=1S/C23H19BN4O/c1-26-14-6-10-17-21(26)24-20-18(29-19-11-7-15-27(2)22(19)24)12-13-25-23(20)28(17)16-8-4-3-5-9-16/h3-15H,1-2H3/q+2. The molecule has 0 spiro atoms. The molecule has 0 N–H and O–H groups in total. The number of hydrogen-bond donors (Lipinski definition) is 0. The monoisotopic (exact) mass is 378 g/mol. The predicted molar refractivity (Wildman–Crippen MR) is 112 cm³/mol. The van der Waals surface area contributed by atoms with Crippen molar-refractivity contribution in [1.82, 2.24) is 4.98 Å². The van der Waals surface area contributed by atoms with Crippen molar-refractivity contribution in [2.24, 2.45) is 14.1 Å². The van der Waals surface area contributed by atoms with E-state index in [2.05, 4.69) is 76.9 Å². The van der Waals surface area contributed by atoms with Gasteiger partial charge in [0.15, 0.2) is 29.3 Å². The van der Waals surface area contributed by atoms with Gasteiger partial charge in [0, 0.05) is 29.5 Å². The van der Waals surface area contributed by atoms with Gasteiger partial charge in [-0.3, -0.25) is 4.90 Å². The van der Waals surface area contributed by atoms with Crippen LogP contribution in [0.4, 0.5) is 17.2 Å². The average molecular weight is 378 g/mol. The van der Waals surface area contributed by atoms with Gasteiger partial charge in [-0.1, -0.05) is 18.2 Å². The fourth-order valence-corrected chi connectivity index (χ4v) is 4.64. The van der Waals surface area contributed by atoms with Gasteiger partial charge in [0.05, 0.1) is 0 Å². The Labute approximate surface area is 169 Å². The minimum Gasteiger partial charge on any atom is -0.452 e. The van der Waals surface area contributed by atoms with Gasteiger partial charge in [0.2, 0.25) is 0 Å². The molecule has 6 heteroatoms. The Balaban J connectivity index is 1.74. The summed E-state index contributed by atoms with van der Waals surface area (Å²) in [5, 5.41) is 0. The highest BCUT2D eigenvalue weighted by Crippen LogP contribution is 2.37. The Morgan fingerprint density at radius 3 is 2.41 bits per heavy atom. The summed E-state index contributed by atoms with van der Waals surface area (Å²) in [4.78, 5) is 7.07. The third-order valence-electron chi connectivity index (χ3n) is 5.85. The molecule has 5 heterocycles. The molecule has 2 aliphatic heterocycles. The van der Waals surface area contributed by atoms with Crippen molar-refractivity contribution in [2.45, 2.75) is 0 Å². The van der Waals surface area contributed by atoms with Crippen LogP contribution in [-0.4, -0.2) is 11.7 Å². The van der Waals surface area contributed by atoms with E-state index in [-0.39, 0.29) is 6.71 Å². The van der Waals surface area contributed by atoms with Crippen LogP contribution in [0, 0.1) is 0 Å². The average Bonchev–Trinajstić information content (AvgIpc) is 2.74. The number of para-hydroxylation sites is 1. The Morgan fingerprint density at radius 1 is 0.828 bits per heavy atom. The van der Waals surface area contributed by atoms with Crippen molar-refractivity contribution in [3.8, 4) is 11.5 Å². The van der Waals surface area contributed by atoms with E-state index < -0.39 is 0 Å². The van der Waals surface area contributed by atoms with E-state index in [1.165, 1.54) is 5.59 Å². The van der Waals surface area contributed by atoms with Gasteiger partial charge in [-0.2, -0.15) is 0 Å². The van der Waals surface area contributed by atoms with Crippen LogP contribution in [0.3, 0.4) is 0 Å². The molecular formula is C23H19BN4O+2. The maximum atomic E-state index is 6.35. The Morgan fingerprint density at radius 2 is 1.59 bits per heavy atom. The molecular weight excluding hydrogens is 359 g/mol. The molecule has 0 aliphatic carbocycles. The molecule has 0 saturated heterocycles. The minimum atomic E-state index is 0.0461. The number of ether oxygens (including phenoxy) is 1. The quantitative estimate of drug-likeness (QED) is 0.318. The largest absolute Gasteiger partial charge is 0.452 e. The van der Waals surface area contributed by atoms with Gasteiger partial charge in [-0.25, -0.2) is 14.1 Å². The summed E-state index contributed by atoms with van der Waals surface area (Å²) in [6, 6.07) is 20.7.